The summed E-state index contributed by atoms with van der Waals surface area (Å²) in [6.07, 6.45) is 0. The molecular weight excluding hydrogens is 431 g/mol. The van der Waals surface area contributed by atoms with Crippen LogP contribution in [0.5, 0.6) is 0 Å². The zero-order valence-corrected chi connectivity index (χ0v) is 18.3. The first-order valence-electron chi connectivity index (χ1n) is 7.73. The number of halogens is 2. The summed E-state index contributed by atoms with van der Waals surface area (Å²) >= 11 is 16.8. The molecule has 26 heavy (non-hydrogen) atoms. The molecule has 0 fully saturated rings. The molecule has 0 aliphatic heterocycles. The van der Waals surface area contributed by atoms with E-state index in [0.717, 1.165) is 20.7 Å². The van der Waals surface area contributed by atoms with Crippen molar-refractivity contribution in [1.29, 1.82) is 0 Å². The van der Waals surface area contributed by atoms with Gasteiger partial charge in [0.1, 0.15) is 5.69 Å². The normalized spacial score (nSPS) is 12.0. The van der Waals surface area contributed by atoms with Crippen LogP contribution in [0.15, 0.2) is 32.2 Å². The number of benzene rings is 1. The molecule has 0 saturated carbocycles. The first kappa shape index (κ1) is 19.9. The smallest absolute Gasteiger partial charge is 0.265 e. The van der Waals surface area contributed by atoms with Crippen molar-refractivity contribution in [2.75, 3.05) is 11.5 Å². The van der Waals surface area contributed by atoms with E-state index in [-0.39, 0.29) is 11.0 Å². The van der Waals surface area contributed by atoms with E-state index in [0.29, 0.717) is 20.7 Å². The lowest BCUT2D eigenvalue weighted by molar-refractivity contribution is 0.541. The topological polar surface area (TPSA) is 60.1 Å². The van der Waals surface area contributed by atoms with Crippen LogP contribution < -0.4 is 5.56 Å². The van der Waals surface area contributed by atoms with E-state index in [1.165, 1.54) is 15.9 Å². The van der Waals surface area contributed by atoms with Gasteiger partial charge in [-0.1, -0.05) is 67.1 Å². The molecule has 0 aliphatic rings. The summed E-state index contributed by atoms with van der Waals surface area (Å²) in [6, 6.07) is 5.43. The molecule has 0 saturated heterocycles. The molecule has 2 aromatic heterocycles. The molecule has 0 amide bonds. The van der Waals surface area contributed by atoms with Crippen molar-refractivity contribution in [3.8, 4) is 0 Å². The maximum Gasteiger partial charge on any atom is 0.297 e. The minimum Gasteiger partial charge on any atom is -0.265 e. The van der Waals surface area contributed by atoms with Crippen LogP contribution in [0.25, 0.3) is 4.96 Å². The quantitative estimate of drug-likeness (QED) is 0.404. The lowest BCUT2D eigenvalue weighted by Crippen LogP contribution is -2.30. The molecule has 10 heteroatoms. The minimum absolute atomic E-state index is 0.203. The second-order valence-corrected chi connectivity index (χ2v) is 10.7. The zero-order valence-electron chi connectivity index (χ0n) is 14.3. The second-order valence-electron chi connectivity index (χ2n) is 6.44. The van der Waals surface area contributed by atoms with Crippen LogP contribution in [-0.2, 0) is 5.41 Å². The van der Waals surface area contributed by atoms with E-state index < -0.39 is 0 Å². The minimum atomic E-state index is -0.366. The molecule has 0 radical (unpaired) electrons. The van der Waals surface area contributed by atoms with Crippen LogP contribution in [0.4, 0.5) is 0 Å². The van der Waals surface area contributed by atoms with Crippen molar-refractivity contribution < 1.29 is 0 Å². The predicted octanol–water partition coefficient (Wildman–Crippen LogP) is 5.03. The Bertz CT molecular complexity index is 997. The number of hydrogen-bond acceptors (Lipinski definition) is 7. The van der Waals surface area contributed by atoms with Crippen LogP contribution in [0.1, 0.15) is 26.5 Å². The van der Waals surface area contributed by atoms with Gasteiger partial charge in [0.2, 0.25) is 4.96 Å². The van der Waals surface area contributed by atoms with Crippen LogP contribution in [0.2, 0.25) is 10.0 Å². The molecular formula is C16H16Cl2N4OS3. The van der Waals surface area contributed by atoms with Gasteiger partial charge in [-0.3, -0.25) is 4.79 Å². The van der Waals surface area contributed by atoms with Crippen molar-refractivity contribution in [2.45, 2.75) is 35.4 Å². The zero-order chi connectivity index (χ0) is 18.9. The molecule has 0 N–H and O–H groups in total. The highest BCUT2D eigenvalue weighted by Gasteiger charge is 2.23. The van der Waals surface area contributed by atoms with Crippen LogP contribution in [0, 0.1) is 0 Å². The van der Waals surface area contributed by atoms with Gasteiger partial charge in [0, 0.05) is 26.8 Å². The molecule has 0 aliphatic carbocycles. The van der Waals surface area contributed by atoms with Crippen LogP contribution in [0.3, 0.4) is 0 Å². The Labute approximate surface area is 173 Å². The summed E-state index contributed by atoms with van der Waals surface area (Å²) in [4.78, 5) is 14.0. The number of hydrogen-bond donors (Lipinski definition) is 0. The Morgan fingerprint density at radius 3 is 2.62 bits per heavy atom. The summed E-state index contributed by atoms with van der Waals surface area (Å²) in [5.74, 6) is 1.66. The van der Waals surface area contributed by atoms with E-state index in [1.807, 2.05) is 26.8 Å². The molecule has 0 unspecified atom stereocenters. The monoisotopic (exact) mass is 446 g/mol. The van der Waals surface area contributed by atoms with Gasteiger partial charge in [0.05, 0.1) is 5.02 Å². The van der Waals surface area contributed by atoms with E-state index in [2.05, 4.69) is 15.3 Å². The lowest BCUT2D eigenvalue weighted by atomic mass is 9.93. The Balaban J connectivity index is 1.67. The fraction of sp³-hybridized carbons (Fsp3) is 0.375. The first-order chi connectivity index (χ1) is 12.3. The van der Waals surface area contributed by atoms with Crippen molar-refractivity contribution in [2.24, 2.45) is 0 Å². The van der Waals surface area contributed by atoms with Crippen molar-refractivity contribution >= 4 is 63.0 Å². The Morgan fingerprint density at radius 1 is 1.15 bits per heavy atom. The van der Waals surface area contributed by atoms with Crippen molar-refractivity contribution in [3.05, 3.63) is 44.3 Å². The number of nitrogens with zero attached hydrogens (tertiary/aromatic N) is 4. The highest BCUT2D eigenvalue weighted by Crippen LogP contribution is 2.31. The molecule has 0 atom stereocenters. The molecule has 0 spiro atoms. The standard InChI is InChI=1S/C16H16Cl2N4OS3/c1-16(2,3)12-13(23)22-14(20-19-12)26-15(21-22)25-7-6-24-11-8-9(17)4-5-10(11)18/h4-5,8H,6-7H2,1-3H3. The van der Waals surface area contributed by atoms with Gasteiger partial charge >= 0.3 is 0 Å². The Kier molecular flexibility index (Phi) is 6.18. The predicted molar refractivity (Wildman–Crippen MR) is 112 cm³/mol. The summed E-state index contributed by atoms with van der Waals surface area (Å²) in [6.45, 7) is 5.81. The maximum absolute atomic E-state index is 12.5. The summed E-state index contributed by atoms with van der Waals surface area (Å²) in [5.41, 5.74) is -0.150. The van der Waals surface area contributed by atoms with Crippen LogP contribution >= 0.6 is 58.1 Å². The summed E-state index contributed by atoms with van der Waals surface area (Å²) in [7, 11) is 0. The van der Waals surface area contributed by atoms with Gasteiger partial charge in [-0.2, -0.15) is 4.52 Å². The number of thioether (sulfide) groups is 2. The fourth-order valence-corrected chi connectivity index (χ4v) is 5.51. The van der Waals surface area contributed by atoms with Gasteiger partial charge in [-0.25, -0.2) is 0 Å². The Morgan fingerprint density at radius 2 is 1.88 bits per heavy atom. The van der Waals surface area contributed by atoms with Crippen LogP contribution in [-0.4, -0.2) is 31.3 Å². The first-order valence-corrected chi connectivity index (χ1v) is 11.3. The molecule has 5 nitrogen and oxygen atoms in total. The highest BCUT2D eigenvalue weighted by molar-refractivity contribution is 8.04. The van der Waals surface area contributed by atoms with E-state index >= 15 is 0 Å². The Hall–Kier alpha value is -0.800. The summed E-state index contributed by atoms with van der Waals surface area (Å²) < 4.78 is 2.14. The highest BCUT2D eigenvalue weighted by atomic mass is 35.5. The molecule has 0 bridgehead atoms. The summed E-state index contributed by atoms with van der Waals surface area (Å²) in [5, 5.41) is 14.0. The van der Waals surface area contributed by atoms with Gasteiger partial charge in [-0.15, -0.1) is 27.1 Å². The maximum atomic E-state index is 12.5. The average molecular weight is 447 g/mol. The molecule has 3 rings (SSSR count). The molecule has 1 aromatic carbocycles. The van der Waals surface area contributed by atoms with E-state index in [9.17, 15) is 4.79 Å². The van der Waals surface area contributed by atoms with Gasteiger partial charge in [-0.05, 0) is 18.2 Å². The lowest BCUT2D eigenvalue weighted by Gasteiger charge is -2.14. The third kappa shape index (κ3) is 4.54. The second kappa shape index (κ2) is 8.06. The molecule has 3 aromatic rings. The van der Waals surface area contributed by atoms with Gasteiger partial charge < -0.3 is 0 Å². The van der Waals surface area contributed by atoms with Crippen molar-refractivity contribution in [1.82, 2.24) is 19.8 Å². The number of rotatable bonds is 5. The third-order valence-electron chi connectivity index (χ3n) is 3.34. The number of fused-ring (bicyclic) bond motifs is 1. The van der Waals surface area contributed by atoms with Gasteiger partial charge in [0.15, 0.2) is 4.34 Å². The third-order valence-corrected chi connectivity index (χ3v) is 7.37. The van der Waals surface area contributed by atoms with E-state index in [1.54, 1.807) is 35.7 Å². The SMILES string of the molecule is CC(C)(C)c1nnc2sc(SCCSc3cc(Cl)ccc3Cl)nn2c1=O. The van der Waals surface area contributed by atoms with Crippen molar-refractivity contribution in [3.63, 3.8) is 0 Å². The van der Waals surface area contributed by atoms with E-state index in [4.69, 9.17) is 23.2 Å². The van der Waals surface area contributed by atoms with Gasteiger partial charge in [0.25, 0.3) is 5.56 Å². The number of aromatic nitrogens is 4. The molecule has 2 heterocycles. The largest absolute Gasteiger partial charge is 0.297 e. The average Bonchev–Trinajstić information content (AvgIpc) is 2.98. The molecule has 138 valence electrons. The fourth-order valence-electron chi connectivity index (χ4n) is 2.09.